The highest BCUT2D eigenvalue weighted by atomic mass is 19.4. The number of aromatic amines is 1. The number of alkyl halides is 9. The summed E-state index contributed by atoms with van der Waals surface area (Å²) in [5, 5.41) is 29.0. The van der Waals surface area contributed by atoms with Crippen LogP contribution in [0.1, 0.15) is 5.69 Å². The molecule has 0 aliphatic carbocycles. The molecular formula is C15H11F9N4O7. The molecule has 0 aliphatic heterocycles. The van der Waals surface area contributed by atoms with Gasteiger partial charge in [0.25, 0.3) is 0 Å². The van der Waals surface area contributed by atoms with Gasteiger partial charge in [-0.25, -0.2) is 19.4 Å². The van der Waals surface area contributed by atoms with Gasteiger partial charge in [-0.05, 0) is 18.2 Å². The summed E-state index contributed by atoms with van der Waals surface area (Å²) < 4.78 is 95.2. The van der Waals surface area contributed by atoms with Crippen molar-refractivity contribution in [3.63, 3.8) is 0 Å². The average molecular weight is 530 g/mol. The second-order valence-corrected chi connectivity index (χ2v) is 5.16. The van der Waals surface area contributed by atoms with Gasteiger partial charge in [0.2, 0.25) is 5.91 Å². The van der Waals surface area contributed by atoms with Gasteiger partial charge in [0.05, 0.1) is 5.69 Å². The molecular weight excluding hydrogens is 519 g/mol. The van der Waals surface area contributed by atoms with Gasteiger partial charge >= 0.3 is 36.4 Å². The van der Waals surface area contributed by atoms with Crippen LogP contribution in [0.5, 0.6) is 0 Å². The van der Waals surface area contributed by atoms with E-state index in [1.54, 1.807) is 18.3 Å². The maximum Gasteiger partial charge on any atom is 0.490 e. The number of nitrogens with one attached hydrogen (secondary N) is 1. The highest BCUT2D eigenvalue weighted by molar-refractivity contribution is 5.93. The van der Waals surface area contributed by atoms with Gasteiger partial charge in [-0.1, -0.05) is 0 Å². The fraction of sp³-hybridized carbons (Fsp3) is 0.200. The lowest BCUT2D eigenvalue weighted by molar-refractivity contribution is -0.193. The van der Waals surface area contributed by atoms with Crippen molar-refractivity contribution in [2.24, 2.45) is 5.73 Å². The molecule has 0 aromatic carbocycles. The Morgan fingerprint density at radius 2 is 1.20 bits per heavy atom. The highest BCUT2D eigenvalue weighted by Gasteiger charge is 2.39. The average Bonchev–Trinajstić information content (AvgIpc) is 3.08. The minimum atomic E-state index is -5.08. The number of pyridine rings is 1. The normalized spacial score (nSPS) is 11.2. The molecule has 2 rings (SSSR count). The molecule has 11 nitrogen and oxygen atoms in total. The summed E-state index contributed by atoms with van der Waals surface area (Å²) in [5.74, 6) is -8.76. The van der Waals surface area contributed by atoms with Crippen LogP contribution in [0.2, 0.25) is 0 Å². The van der Waals surface area contributed by atoms with E-state index in [4.69, 9.17) is 35.4 Å². The standard InChI is InChI=1S/C9H8N4O.3C2HF3O2/c10-8(14)4-3-7-6-2-1-5-11-9(6)13-12-7;3*3-2(4,5)1(6)7/h1-5H,(H2,10,14)(H,11,12,13);3*(H,6,7)/b4-3+;;;. The zero-order valence-corrected chi connectivity index (χ0v) is 16.2. The molecule has 20 heteroatoms. The number of carbonyl (C=O) groups is 4. The topological polar surface area (TPSA) is 197 Å². The minimum Gasteiger partial charge on any atom is -0.475 e. The smallest absolute Gasteiger partial charge is 0.475 e. The van der Waals surface area contributed by atoms with E-state index in [0.29, 0.717) is 5.65 Å². The summed E-state index contributed by atoms with van der Waals surface area (Å²) in [4.78, 5) is 41.2. The third-order valence-corrected chi connectivity index (χ3v) is 2.50. The first-order valence-electron chi connectivity index (χ1n) is 7.77. The maximum atomic E-state index is 10.6. The lowest BCUT2D eigenvalue weighted by Crippen LogP contribution is -2.21. The Kier molecular flexibility index (Phi) is 12.5. The van der Waals surface area contributed by atoms with Crippen molar-refractivity contribution >= 4 is 40.9 Å². The molecule has 196 valence electrons. The van der Waals surface area contributed by atoms with Crippen molar-refractivity contribution in [1.29, 1.82) is 0 Å². The van der Waals surface area contributed by atoms with E-state index in [-0.39, 0.29) is 0 Å². The Bertz CT molecular complexity index is 987. The molecule has 0 radical (unpaired) electrons. The van der Waals surface area contributed by atoms with Crippen LogP contribution in [0.3, 0.4) is 0 Å². The number of carboxylic acids is 3. The molecule has 35 heavy (non-hydrogen) atoms. The molecule has 2 heterocycles. The highest BCUT2D eigenvalue weighted by Crippen LogP contribution is 2.15. The number of nitrogens with zero attached hydrogens (tertiary/aromatic N) is 2. The van der Waals surface area contributed by atoms with E-state index in [1.165, 1.54) is 6.08 Å². The first-order valence-corrected chi connectivity index (χ1v) is 7.77. The van der Waals surface area contributed by atoms with Gasteiger partial charge in [-0.3, -0.25) is 9.89 Å². The molecule has 0 fully saturated rings. The number of carbonyl (C=O) groups excluding carboxylic acids is 1. The molecule has 2 aromatic heterocycles. The van der Waals surface area contributed by atoms with E-state index in [2.05, 4.69) is 15.2 Å². The van der Waals surface area contributed by atoms with Crippen molar-refractivity contribution in [1.82, 2.24) is 15.2 Å². The van der Waals surface area contributed by atoms with E-state index in [1.807, 2.05) is 6.07 Å². The maximum absolute atomic E-state index is 10.6. The van der Waals surface area contributed by atoms with Crippen molar-refractivity contribution < 1.29 is 74.0 Å². The molecule has 0 atom stereocenters. The van der Waals surface area contributed by atoms with E-state index in [0.717, 1.165) is 11.1 Å². The fourth-order valence-electron chi connectivity index (χ4n) is 1.16. The Labute approximate surface area is 185 Å². The molecule has 0 unspecified atom stereocenters. The second kappa shape index (κ2) is 13.3. The molecule has 0 saturated carbocycles. The van der Waals surface area contributed by atoms with Crippen LogP contribution in [-0.4, -0.2) is 72.8 Å². The van der Waals surface area contributed by atoms with Crippen molar-refractivity contribution in [2.45, 2.75) is 18.5 Å². The Morgan fingerprint density at radius 1 is 0.829 bits per heavy atom. The number of H-pyrrole nitrogens is 1. The first-order chi connectivity index (χ1) is 15.6. The molecule has 0 aliphatic rings. The molecule has 0 bridgehead atoms. The third kappa shape index (κ3) is 15.1. The fourth-order valence-corrected chi connectivity index (χ4v) is 1.16. The number of aliphatic carboxylic acids is 3. The van der Waals surface area contributed by atoms with Gasteiger partial charge in [0.1, 0.15) is 0 Å². The largest absolute Gasteiger partial charge is 0.490 e. The van der Waals surface area contributed by atoms with Crippen LogP contribution in [0.25, 0.3) is 17.1 Å². The van der Waals surface area contributed by atoms with Crippen LogP contribution in [0, 0.1) is 0 Å². The number of nitrogens with two attached hydrogens (primary N) is 1. The Balaban J connectivity index is 0. The van der Waals surface area contributed by atoms with Crippen LogP contribution in [0.4, 0.5) is 39.5 Å². The summed E-state index contributed by atoms with van der Waals surface area (Å²) >= 11 is 0. The molecule has 2 aromatic rings. The number of carboxylic acid groups (broad SMARTS) is 3. The third-order valence-electron chi connectivity index (χ3n) is 2.50. The molecule has 1 amide bonds. The van der Waals surface area contributed by atoms with E-state index >= 15 is 0 Å². The lowest BCUT2D eigenvalue weighted by Gasteiger charge is -1.93. The predicted octanol–water partition coefficient (Wildman–Crippen LogP) is 2.36. The number of halogens is 9. The van der Waals surface area contributed by atoms with Crippen molar-refractivity contribution in [3.8, 4) is 0 Å². The molecule has 6 N–H and O–H groups in total. The Hall–Kier alpha value is -4.39. The second-order valence-electron chi connectivity index (χ2n) is 5.16. The number of hydrogen-bond acceptors (Lipinski definition) is 6. The van der Waals surface area contributed by atoms with E-state index in [9.17, 15) is 44.3 Å². The SMILES string of the molecule is NC(=O)/C=C/c1[nH]nc2ncccc12.O=C(O)C(F)(F)F.O=C(O)C(F)(F)F.O=C(O)C(F)(F)F. The number of fused-ring (bicyclic) bond motifs is 1. The first kappa shape index (κ1) is 32.8. The quantitative estimate of drug-likeness (QED) is 0.286. The zero-order chi connectivity index (χ0) is 28.2. The minimum absolute atomic E-state index is 0.489. The summed E-state index contributed by atoms with van der Waals surface area (Å²) in [6, 6.07) is 3.67. The van der Waals surface area contributed by atoms with Crippen LogP contribution >= 0.6 is 0 Å². The summed E-state index contributed by atoms with van der Waals surface area (Å²) in [6.07, 6.45) is -10.7. The van der Waals surface area contributed by atoms with Gasteiger partial charge in [0, 0.05) is 17.7 Å². The van der Waals surface area contributed by atoms with E-state index < -0.39 is 42.3 Å². The van der Waals surface area contributed by atoms with Gasteiger partial charge < -0.3 is 21.1 Å². The number of aromatic nitrogens is 3. The van der Waals surface area contributed by atoms with Crippen LogP contribution < -0.4 is 5.73 Å². The summed E-state index contributed by atoms with van der Waals surface area (Å²) in [5.41, 5.74) is 6.33. The molecule has 0 saturated heterocycles. The van der Waals surface area contributed by atoms with Gasteiger partial charge in [-0.15, -0.1) is 0 Å². The summed E-state index contributed by atoms with van der Waals surface area (Å²) in [6.45, 7) is 0. The van der Waals surface area contributed by atoms with Crippen molar-refractivity contribution in [3.05, 3.63) is 30.1 Å². The van der Waals surface area contributed by atoms with Crippen LogP contribution in [-0.2, 0) is 19.2 Å². The number of amides is 1. The van der Waals surface area contributed by atoms with Gasteiger partial charge in [0.15, 0.2) is 5.65 Å². The summed E-state index contributed by atoms with van der Waals surface area (Å²) in [7, 11) is 0. The monoisotopic (exact) mass is 530 g/mol. The number of hydrogen-bond donors (Lipinski definition) is 5. The van der Waals surface area contributed by atoms with Crippen molar-refractivity contribution in [2.75, 3.05) is 0 Å². The number of rotatable bonds is 2. The predicted molar refractivity (Wildman–Crippen MR) is 93.2 cm³/mol. The van der Waals surface area contributed by atoms with Gasteiger partial charge in [-0.2, -0.15) is 44.6 Å². The molecule has 0 spiro atoms. The lowest BCUT2D eigenvalue weighted by atomic mass is 10.2. The Morgan fingerprint density at radius 3 is 1.51 bits per heavy atom. The number of primary amides is 1. The van der Waals surface area contributed by atoms with Crippen LogP contribution in [0.15, 0.2) is 24.4 Å². The zero-order valence-electron chi connectivity index (χ0n) is 16.2.